The first-order valence-corrected chi connectivity index (χ1v) is 8.90. The molecule has 138 valence electrons. The van der Waals surface area contributed by atoms with Gasteiger partial charge in [-0.1, -0.05) is 18.2 Å². The number of benzene rings is 2. The van der Waals surface area contributed by atoms with Crippen molar-refractivity contribution in [3.8, 4) is 5.75 Å². The topological polar surface area (TPSA) is 67.3 Å². The normalized spacial score (nSPS) is 10.3. The van der Waals surface area contributed by atoms with Gasteiger partial charge in [-0.3, -0.25) is 4.79 Å². The van der Waals surface area contributed by atoms with Crippen LogP contribution in [-0.2, 0) is 0 Å². The maximum absolute atomic E-state index is 12.7. The van der Waals surface area contributed by atoms with Crippen LogP contribution in [0.1, 0.15) is 24.3 Å². The van der Waals surface area contributed by atoms with Crippen LogP contribution in [0.25, 0.3) is 0 Å². The highest BCUT2D eigenvalue weighted by atomic mass is 16.5. The molecule has 0 bridgehead atoms. The molecule has 0 saturated heterocycles. The van der Waals surface area contributed by atoms with Crippen LogP contribution in [0.2, 0.25) is 0 Å². The number of carbonyl (C=O) groups is 1. The zero-order chi connectivity index (χ0) is 19.1. The van der Waals surface area contributed by atoms with E-state index in [4.69, 9.17) is 4.74 Å². The van der Waals surface area contributed by atoms with E-state index in [1.807, 2.05) is 68.4 Å². The summed E-state index contributed by atoms with van der Waals surface area (Å²) in [4.78, 5) is 23.0. The maximum atomic E-state index is 12.7. The van der Waals surface area contributed by atoms with Crippen LogP contribution in [0.15, 0.2) is 67.0 Å². The summed E-state index contributed by atoms with van der Waals surface area (Å²) in [5.74, 6) is 1.21. The molecule has 0 aliphatic carbocycles. The molecule has 0 unspecified atom stereocenters. The number of amides is 1. The average Bonchev–Trinajstić information content (AvgIpc) is 2.71. The Labute approximate surface area is 158 Å². The van der Waals surface area contributed by atoms with E-state index in [1.165, 1.54) is 6.20 Å². The molecule has 1 N–H and O–H groups in total. The van der Waals surface area contributed by atoms with Gasteiger partial charge >= 0.3 is 0 Å². The average molecular weight is 362 g/mol. The van der Waals surface area contributed by atoms with Gasteiger partial charge in [0.1, 0.15) is 17.3 Å². The number of carbonyl (C=O) groups excluding carboxylic acids is 1. The first kappa shape index (κ1) is 18.4. The monoisotopic (exact) mass is 362 g/mol. The Kier molecular flexibility index (Phi) is 5.99. The molecule has 0 aliphatic heterocycles. The fourth-order valence-electron chi connectivity index (χ4n) is 2.64. The summed E-state index contributed by atoms with van der Waals surface area (Å²) in [6.45, 7) is 5.06. The van der Waals surface area contributed by atoms with E-state index in [0.29, 0.717) is 24.7 Å². The second kappa shape index (κ2) is 8.80. The number of ether oxygens (including phenoxy) is 1. The molecular weight excluding hydrogens is 340 g/mol. The summed E-state index contributed by atoms with van der Waals surface area (Å²) in [5, 5.41) is 3.16. The molecule has 3 aromatic rings. The van der Waals surface area contributed by atoms with Crippen LogP contribution >= 0.6 is 0 Å². The number of nitrogens with one attached hydrogen (secondary N) is 1. The summed E-state index contributed by atoms with van der Waals surface area (Å²) < 4.78 is 5.42. The van der Waals surface area contributed by atoms with Gasteiger partial charge in [0.2, 0.25) is 0 Å². The smallest absolute Gasteiger partial charge is 0.278 e. The van der Waals surface area contributed by atoms with E-state index < -0.39 is 0 Å². The van der Waals surface area contributed by atoms with Gasteiger partial charge in [-0.2, -0.15) is 0 Å². The Morgan fingerprint density at radius 2 is 1.74 bits per heavy atom. The van der Waals surface area contributed by atoms with Crippen molar-refractivity contribution >= 4 is 23.1 Å². The standard InChI is InChI=1S/C21H22N4O2/c1-3-25(17-8-6-5-7-9-17)21(26)19-14-23-20(15-22-19)24-16-10-12-18(13-11-16)27-4-2/h5-15H,3-4H2,1-2H3,(H,23,24). The lowest BCUT2D eigenvalue weighted by Gasteiger charge is -2.20. The molecular formula is C21H22N4O2. The SMILES string of the molecule is CCOc1ccc(Nc2cnc(C(=O)N(CC)c3ccccc3)cn2)cc1. The number of hydrogen-bond acceptors (Lipinski definition) is 5. The van der Waals surface area contributed by atoms with Gasteiger partial charge in [0.25, 0.3) is 5.91 Å². The zero-order valence-electron chi connectivity index (χ0n) is 15.4. The van der Waals surface area contributed by atoms with Gasteiger partial charge in [0.15, 0.2) is 0 Å². The molecule has 6 nitrogen and oxygen atoms in total. The number of hydrogen-bond donors (Lipinski definition) is 1. The highest BCUT2D eigenvalue weighted by Gasteiger charge is 2.17. The van der Waals surface area contributed by atoms with E-state index in [2.05, 4.69) is 15.3 Å². The number of para-hydroxylation sites is 1. The lowest BCUT2D eigenvalue weighted by molar-refractivity contribution is 0.0983. The zero-order valence-corrected chi connectivity index (χ0v) is 15.4. The summed E-state index contributed by atoms with van der Waals surface area (Å²) >= 11 is 0. The Balaban J connectivity index is 1.70. The van der Waals surface area contributed by atoms with Crippen LogP contribution in [0.5, 0.6) is 5.75 Å². The summed E-state index contributed by atoms with van der Waals surface area (Å²) in [7, 11) is 0. The summed E-state index contributed by atoms with van der Waals surface area (Å²) in [6.07, 6.45) is 3.05. The molecule has 3 rings (SSSR count). The van der Waals surface area contributed by atoms with Gasteiger partial charge in [0, 0.05) is 17.9 Å². The number of aromatic nitrogens is 2. The molecule has 0 atom stereocenters. The summed E-state index contributed by atoms with van der Waals surface area (Å²) in [5.41, 5.74) is 2.01. The van der Waals surface area contributed by atoms with Crippen LogP contribution in [-0.4, -0.2) is 29.0 Å². The fourth-order valence-corrected chi connectivity index (χ4v) is 2.64. The Hall–Kier alpha value is -3.41. The van der Waals surface area contributed by atoms with Gasteiger partial charge in [0.05, 0.1) is 19.0 Å². The van der Waals surface area contributed by atoms with Crippen molar-refractivity contribution in [3.63, 3.8) is 0 Å². The van der Waals surface area contributed by atoms with Crippen molar-refractivity contribution in [2.75, 3.05) is 23.4 Å². The van der Waals surface area contributed by atoms with Gasteiger partial charge in [-0.25, -0.2) is 9.97 Å². The number of rotatable bonds is 7. The third kappa shape index (κ3) is 4.61. The largest absolute Gasteiger partial charge is 0.494 e. The highest BCUT2D eigenvalue weighted by molar-refractivity contribution is 6.04. The molecule has 2 aromatic carbocycles. The first-order chi connectivity index (χ1) is 13.2. The Morgan fingerprint density at radius 1 is 1.00 bits per heavy atom. The van der Waals surface area contributed by atoms with Crippen LogP contribution in [0.4, 0.5) is 17.2 Å². The van der Waals surface area contributed by atoms with Gasteiger partial charge in [-0.15, -0.1) is 0 Å². The lowest BCUT2D eigenvalue weighted by atomic mass is 10.2. The minimum atomic E-state index is -0.177. The Morgan fingerprint density at radius 3 is 2.33 bits per heavy atom. The second-order valence-corrected chi connectivity index (χ2v) is 5.75. The number of anilines is 3. The molecule has 0 spiro atoms. The first-order valence-electron chi connectivity index (χ1n) is 8.90. The predicted molar refractivity (Wildman–Crippen MR) is 107 cm³/mol. The fraction of sp³-hybridized carbons (Fsp3) is 0.190. The van der Waals surface area contributed by atoms with Crippen LogP contribution in [0, 0.1) is 0 Å². The van der Waals surface area contributed by atoms with Crippen molar-refractivity contribution in [1.82, 2.24) is 9.97 Å². The van der Waals surface area contributed by atoms with Crippen molar-refractivity contribution in [2.45, 2.75) is 13.8 Å². The molecule has 1 heterocycles. The summed E-state index contributed by atoms with van der Waals surface area (Å²) in [6, 6.07) is 17.1. The molecule has 27 heavy (non-hydrogen) atoms. The van der Waals surface area contributed by atoms with E-state index in [-0.39, 0.29) is 5.91 Å². The van der Waals surface area contributed by atoms with E-state index in [9.17, 15) is 4.79 Å². The van der Waals surface area contributed by atoms with E-state index in [0.717, 1.165) is 17.1 Å². The third-order valence-corrected chi connectivity index (χ3v) is 3.94. The van der Waals surface area contributed by atoms with Crippen LogP contribution in [0.3, 0.4) is 0 Å². The van der Waals surface area contributed by atoms with Gasteiger partial charge in [-0.05, 0) is 50.2 Å². The molecule has 6 heteroatoms. The number of nitrogens with zero attached hydrogens (tertiary/aromatic N) is 3. The Bertz CT molecular complexity index is 865. The maximum Gasteiger partial charge on any atom is 0.278 e. The predicted octanol–water partition coefficient (Wildman–Crippen LogP) is 4.29. The van der Waals surface area contributed by atoms with Crippen LogP contribution < -0.4 is 15.0 Å². The van der Waals surface area contributed by atoms with Gasteiger partial charge < -0.3 is 15.0 Å². The van der Waals surface area contributed by atoms with E-state index >= 15 is 0 Å². The minimum absolute atomic E-state index is 0.177. The molecule has 0 saturated carbocycles. The van der Waals surface area contributed by atoms with Crippen molar-refractivity contribution < 1.29 is 9.53 Å². The minimum Gasteiger partial charge on any atom is -0.494 e. The van der Waals surface area contributed by atoms with Crippen molar-refractivity contribution in [2.24, 2.45) is 0 Å². The molecule has 1 amide bonds. The molecule has 0 radical (unpaired) electrons. The van der Waals surface area contributed by atoms with Crippen molar-refractivity contribution in [3.05, 3.63) is 72.7 Å². The van der Waals surface area contributed by atoms with E-state index in [1.54, 1.807) is 11.1 Å². The third-order valence-electron chi connectivity index (χ3n) is 3.94. The lowest BCUT2D eigenvalue weighted by Crippen LogP contribution is -2.31. The highest BCUT2D eigenvalue weighted by Crippen LogP contribution is 2.19. The van der Waals surface area contributed by atoms with Crippen molar-refractivity contribution in [1.29, 1.82) is 0 Å². The quantitative estimate of drug-likeness (QED) is 0.679. The molecule has 0 fully saturated rings. The molecule has 0 aliphatic rings. The molecule has 1 aromatic heterocycles. The second-order valence-electron chi connectivity index (χ2n) is 5.75.